The Morgan fingerprint density at radius 1 is 1.00 bits per heavy atom. The molecule has 7 nitrogen and oxygen atoms in total. The molecule has 9 heteroatoms. The molecule has 0 spiro atoms. The van der Waals surface area contributed by atoms with E-state index >= 15 is 4.32 Å². The molecule has 1 aliphatic heterocycles. The van der Waals surface area contributed by atoms with Crippen LogP contribution in [0.3, 0.4) is 0 Å². The Hall–Kier alpha value is -3.46. The lowest BCUT2D eigenvalue weighted by Gasteiger charge is -2.16. The highest BCUT2D eigenvalue weighted by molar-refractivity contribution is 6.42. The summed E-state index contributed by atoms with van der Waals surface area (Å²) in [6.07, 6.45) is 2.04. The smallest absolute Gasteiger partial charge is 0.384 e. The number of rotatable bonds is 6. The number of hydrogen-bond acceptors (Lipinski definition) is 6. The van der Waals surface area contributed by atoms with Crippen molar-refractivity contribution in [2.24, 2.45) is 4.99 Å². The summed E-state index contributed by atoms with van der Waals surface area (Å²) in [7, 11) is -1.63. The van der Waals surface area contributed by atoms with Crippen molar-refractivity contribution >= 4 is 18.6 Å². The molecule has 4 rings (SSSR count). The van der Waals surface area contributed by atoms with Gasteiger partial charge in [0.15, 0.2) is 5.82 Å². The molecule has 0 fully saturated rings. The Bertz CT molecular complexity index is 1280. The van der Waals surface area contributed by atoms with Gasteiger partial charge in [0.1, 0.15) is 0 Å². The van der Waals surface area contributed by atoms with Crippen LogP contribution in [0.1, 0.15) is 49.1 Å². The molecule has 0 saturated carbocycles. The fraction of sp³-hybridized carbons (Fsp3) is 0.292. The minimum Gasteiger partial charge on any atom is -0.384 e. The standard InChI is InChI=1S/C24H26BFN6O/c1-14-11-16(3)27-22(14)18(5)23-15(2)12-17(4)32(23)25(26)33-13-20-7-9-21(10-8-20)24-30-28-19(6)29-31-24/h7-12H,13H2,1-6H3/b22-18-. The number of halogens is 1. The zero-order chi connectivity index (χ0) is 23.7. The summed E-state index contributed by atoms with van der Waals surface area (Å²) in [5.74, 6) is 0.955. The van der Waals surface area contributed by atoms with E-state index in [-0.39, 0.29) is 6.61 Å². The maximum Gasteiger partial charge on any atom is 0.637 e. The summed E-state index contributed by atoms with van der Waals surface area (Å²) in [4.78, 5) is 4.64. The van der Waals surface area contributed by atoms with Crippen molar-refractivity contribution in [1.82, 2.24) is 24.9 Å². The van der Waals surface area contributed by atoms with E-state index in [2.05, 4.69) is 25.4 Å². The second-order valence-corrected chi connectivity index (χ2v) is 8.31. The molecule has 33 heavy (non-hydrogen) atoms. The van der Waals surface area contributed by atoms with Crippen LogP contribution in [-0.4, -0.2) is 37.9 Å². The third-order valence-electron chi connectivity index (χ3n) is 5.60. The van der Waals surface area contributed by atoms with Gasteiger partial charge in [-0.1, -0.05) is 24.3 Å². The molecule has 1 aliphatic rings. The number of hydrogen-bond donors (Lipinski definition) is 0. The van der Waals surface area contributed by atoms with Gasteiger partial charge in [0.25, 0.3) is 0 Å². The maximum absolute atomic E-state index is 15.4. The van der Waals surface area contributed by atoms with Gasteiger partial charge in [-0.3, -0.25) is 9.31 Å². The summed E-state index contributed by atoms with van der Waals surface area (Å²) in [6.45, 7) is 11.7. The molecule has 0 aliphatic carbocycles. The number of allylic oxidation sites excluding steroid dienone is 3. The van der Waals surface area contributed by atoms with Crippen LogP contribution in [0, 0.1) is 20.8 Å². The second kappa shape index (κ2) is 9.19. The van der Waals surface area contributed by atoms with Crippen molar-refractivity contribution in [3.63, 3.8) is 0 Å². The molecular formula is C24H26BFN6O. The topological polar surface area (TPSA) is 78.1 Å². The molecule has 0 unspecified atom stereocenters. The molecule has 0 saturated heterocycles. The monoisotopic (exact) mass is 444 g/mol. The van der Waals surface area contributed by atoms with E-state index in [4.69, 9.17) is 4.65 Å². The Morgan fingerprint density at radius 2 is 1.67 bits per heavy atom. The van der Waals surface area contributed by atoms with Crippen LogP contribution in [0.4, 0.5) is 4.32 Å². The van der Waals surface area contributed by atoms with Crippen LogP contribution in [0.5, 0.6) is 0 Å². The molecule has 168 valence electrons. The van der Waals surface area contributed by atoms with Crippen molar-refractivity contribution in [1.29, 1.82) is 0 Å². The second-order valence-electron chi connectivity index (χ2n) is 8.31. The van der Waals surface area contributed by atoms with E-state index in [1.165, 1.54) is 0 Å². The highest BCUT2D eigenvalue weighted by Gasteiger charge is 2.28. The van der Waals surface area contributed by atoms with Crippen LogP contribution in [0.2, 0.25) is 0 Å². The molecule has 0 bridgehead atoms. The summed E-state index contributed by atoms with van der Waals surface area (Å²) < 4.78 is 22.6. The molecule has 2 aromatic heterocycles. The zero-order valence-electron chi connectivity index (χ0n) is 19.7. The van der Waals surface area contributed by atoms with Crippen molar-refractivity contribution in [2.75, 3.05) is 0 Å². The highest BCUT2D eigenvalue weighted by atomic mass is 19.1. The third kappa shape index (κ3) is 4.68. The first kappa shape index (κ1) is 22.7. The van der Waals surface area contributed by atoms with Crippen molar-refractivity contribution < 1.29 is 8.97 Å². The van der Waals surface area contributed by atoms with Gasteiger partial charge in [-0.15, -0.1) is 20.4 Å². The van der Waals surface area contributed by atoms with Crippen molar-refractivity contribution in [3.05, 3.63) is 76.0 Å². The summed E-state index contributed by atoms with van der Waals surface area (Å²) in [6, 6.07) is 9.38. The van der Waals surface area contributed by atoms with Gasteiger partial charge >= 0.3 is 7.33 Å². The maximum atomic E-state index is 15.4. The summed E-state index contributed by atoms with van der Waals surface area (Å²) in [5.41, 5.74) is 8.05. The lowest BCUT2D eigenvalue weighted by atomic mass is 10.0. The quantitative estimate of drug-likeness (QED) is 0.509. The highest BCUT2D eigenvalue weighted by Crippen LogP contribution is 2.32. The van der Waals surface area contributed by atoms with Gasteiger partial charge in [-0.05, 0) is 76.0 Å². The predicted octanol–water partition coefficient (Wildman–Crippen LogP) is 4.83. The predicted molar refractivity (Wildman–Crippen MR) is 128 cm³/mol. The molecular weight excluding hydrogens is 418 g/mol. The lowest BCUT2D eigenvalue weighted by molar-refractivity contribution is 0.270. The van der Waals surface area contributed by atoms with Crippen LogP contribution in [-0.2, 0) is 11.3 Å². The number of aliphatic imine (C=N–C) groups is 1. The first-order valence-corrected chi connectivity index (χ1v) is 10.8. The number of aryl methyl sites for hydroxylation is 3. The summed E-state index contributed by atoms with van der Waals surface area (Å²) >= 11 is 0. The van der Waals surface area contributed by atoms with Crippen LogP contribution in [0.25, 0.3) is 17.0 Å². The van der Waals surface area contributed by atoms with Gasteiger partial charge in [0.2, 0.25) is 5.82 Å². The van der Waals surface area contributed by atoms with E-state index < -0.39 is 7.33 Å². The van der Waals surface area contributed by atoms with Crippen LogP contribution < -0.4 is 0 Å². The Kier molecular flexibility index (Phi) is 6.33. The average Bonchev–Trinajstić information content (AvgIpc) is 3.29. The minimum atomic E-state index is -1.63. The summed E-state index contributed by atoms with van der Waals surface area (Å²) in [5, 5.41) is 15.9. The van der Waals surface area contributed by atoms with Gasteiger partial charge in [-0.2, -0.15) is 0 Å². The molecule has 1 aromatic carbocycles. The fourth-order valence-corrected chi connectivity index (χ4v) is 4.11. The first-order valence-electron chi connectivity index (χ1n) is 10.8. The van der Waals surface area contributed by atoms with Crippen LogP contribution >= 0.6 is 0 Å². The van der Waals surface area contributed by atoms with Crippen molar-refractivity contribution in [3.8, 4) is 11.4 Å². The minimum absolute atomic E-state index is 0.120. The zero-order valence-corrected chi connectivity index (χ0v) is 19.7. The average molecular weight is 444 g/mol. The third-order valence-corrected chi connectivity index (χ3v) is 5.60. The normalized spacial score (nSPS) is 14.9. The van der Waals surface area contributed by atoms with E-state index in [1.54, 1.807) is 11.4 Å². The van der Waals surface area contributed by atoms with Crippen LogP contribution in [0.15, 0.2) is 52.7 Å². The molecule has 0 atom stereocenters. The fourth-order valence-electron chi connectivity index (χ4n) is 4.11. The molecule has 0 radical (unpaired) electrons. The Labute approximate surface area is 193 Å². The largest absolute Gasteiger partial charge is 0.637 e. The number of aromatic nitrogens is 5. The SMILES string of the molecule is CC1=CC(C)=N/C1=C(/C)c1c(C)cc(C)n1B(F)OCc1ccc(-c2nnc(C)nn2)cc1. The van der Waals surface area contributed by atoms with Gasteiger partial charge < -0.3 is 9.13 Å². The van der Waals surface area contributed by atoms with E-state index in [0.717, 1.165) is 50.6 Å². The molecule has 0 N–H and O–H groups in total. The van der Waals surface area contributed by atoms with Gasteiger partial charge in [0, 0.05) is 22.7 Å². The Balaban J connectivity index is 1.53. The number of nitrogens with zero attached hydrogens (tertiary/aromatic N) is 6. The van der Waals surface area contributed by atoms with E-state index in [9.17, 15) is 0 Å². The lowest BCUT2D eigenvalue weighted by Crippen LogP contribution is -2.26. The number of benzene rings is 1. The van der Waals surface area contributed by atoms with E-state index in [0.29, 0.717) is 11.6 Å². The molecule has 3 aromatic rings. The molecule has 3 heterocycles. The van der Waals surface area contributed by atoms with E-state index in [1.807, 2.05) is 71.0 Å². The van der Waals surface area contributed by atoms with Gasteiger partial charge in [0.05, 0.1) is 12.3 Å². The molecule has 0 amide bonds. The van der Waals surface area contributed by atoms with Gasteiger partial charge in [-0.25, -0.2) is 0 Å². The van der Waals surface area contributed by atoms with Crippen molar-refractivity contribution in [2.45, 2.75) is 48.1 Å². The Morgan fingerprint density at radius 3 is 2.27 bits per heavy atom. The first-order chi connectivity index (χ1) is 15.7.